The normalized spacial score (nSPS) is 22.7. The maximum atomic E-state index is 12.1. The number of aliphatic hydroxyl groups is 1. The fourth-order valence-corrected chi connectivity index (χ4v) is 7.97. The molecule has 0 amide bonds. The first-order valence-electron chi connectivity index (χ1n) is 17.5. The van der Waals surface area contributed by atoms with E-state index in [1.807, 2.05) is 32.0 Å². The van der Waals surface area contributed by atoms with E-state index in [9.17, 15) is 32.9 Å². The van der Waals surface area contributed by atoms with Gasteiger partial charge in [0.1, 0.15) is 5.76 Å². The van der Waals surface area contributed by atoms with Gasteiger partial charge in [-0.25, -0.2) is 10.1 Å². The summed E-state index contributed by atoms with van der Waals surface area (Å²) in [4.78, 5) is 30.1. The molecular weight excluding hydrogens is 697 g/mol. The Morgan fingerprint density at radius 3 is 2.17 bits per heavy atom. The Bertz CT molecular complexity index is 2220. The van der Waals surface area contributed by atoms with Crippen molar-refractivity contribution in [2.24, 2.45) is 4.99 Å². The minimum atomic E-state index is -4.54. The molecule has 2 aromatic carbocycles. The van der Waals surface area contributed by atoms with E-state index in [0.29, 0.717) is 67.5 Å². The van der Waals surface area contributed by atoms with Gasteiger partial charge in [0.2, 0.25) is 0 Å². The van der Waals surface area contributed by atoms with Crippen molar-refractivity contribution in [2.45, 2.75) is 101 Å². The molecule has 0 aromatic heterocycles. The fourth-order valence-electron chi connectivity index (χ4n) is 7.46. The van der Waals surface area contributed by atoms with Crippen LogP contribution in [0.5, 0.6) is 0 Å². The molecule has 2 heterocycles. The third-order valence-corrected chi connectivity index (χ3v) is 11.4. The summed E-state index contributed by atoms with van der Waals surface area (Å²) in [5.41, 5.74) is 4.25. The van der Waals surface area contributed by atoms with Crippen LogP contribution >= 0.6 is 0 Å². The monoisotopic (exact) mass is 738 g/mol. The fraction of sp³-hybridized carbons (Fsp3) is 0.375. The zero-order valence-corrected chi connectivity index (χ0v) is 30.7. The highest BCUT2D eigenvalue weighted by Gasteiger charge is 2.43. The van der Waals surface area contributed by atoms with Gasteiger partial charge in [-0.15, -0.1) is 0 Å². The second-order valence-corrected chi connectivity index (χ2v) is 15.6. The number of benzene rings is 2. The Kier molecular flexibility index (Phi) is 11.1. The van der Waals surface area contributed by atoms with Gasteiger partial charge in [0, 0.05) is 51.8 Å². The van der Waals surface area contributed by atoms with Gasteiger partial charge in [-0.1, -0.05) is 43.4 Å². The number of aliphatic imine (C=N–C) groups is 1. The number of carboxylic acids is 2. The van der Waals surface area contributed by atoms with Crippen molar-refractivity contribution in [2.75, 3.05) is 5.32 Å². The molecule has 0 spiro atoms. The first-order valence-corrected chi connectivity index (χ1v) is 18.9. The van der Waals surface area contributed by atoms with E-state index < -0.39 is 32.9 Å². The molecule has 0 unspecified atom stereocenters. The van der Waals surface area contributed by atoms with Crippen LogP contribution in [-0.2, 0) is 30.5 Å². The number of nitrogens with zero attached hydrogens (tertiary/aromatic N) is 3. The van der Waals surface area contributed by atoms with E-state index in [4.69, 9.17) is 21.8 Å². The Morgan fingerprint density at radius 2 is 1.58 bits per heavy atom. The lowest BCUT2D eigenvalue weighted by molar-refractivity contribution is -0.138. The van der Waals surface area contributed by atoms with Crippen molar-refractivity contribution in [3.05, 3.63) is 111 Å². The number of carbonyl (C=O) groups is 2. The van der Waals surface area contributed by atoms with E-state index in [1.165, 1.54) is 18.2 Å². The van der Waals surface area contributed by atoms with Gasteiger partial charge in [0.05, 0.1) is 28.9 Å². The van der Waals surface area contributed by atoms with Crippen LogP contribution in [0.1, 0.15) is 94.7 Å². The smallest absolute Gasteiger partial charge is 0.303 e. The summed E-state index contributed by atoms with van der Waals surface area (Å²) in [6.07, 6.45) is 8.18. The van der Waals surface area contributed by atoms with Crippen LogP contribution in [0.2, 0.25) is 0 Å². The highest BCUT2D eigenvalue weighted by molar-refractivity contribution is 7.85. The van der Waals surface area contributed by atoms with Gasteiger partial charge in [0.15, 0.2) is 0 Å². The van der Waals surface area contributed by atoms with Gasteiger partial charge in [-0.05, 0) is 94.0 Å². The number of rotatable bonds is 15. The molecular formula is C40H42N4O8S. The molecule has 13 heteroatoms. The number of anilines is 1. The number of carboxylic acid groups (broad SMARTS) is 2. The summed E-state index contributed by atoms with van der Waals surface area (Å²) >= 11 is 0. The van der Waals surface area contributed by atoms with Crippen LogP contribution in [0.4, 0.5) is 11.4 Å². The van der Waals surface area contributed by atoms with Crippen LogP contribution in [0, 0.1) is 24.8 Å². The number of aliphatic carboxylic acids is 2. The van der Waals surface area contributed by atoms with E-state index in [1.54, 1.807) is 12.2 Å². The average Bonchev–Trinajstić information content (AvgIpc) is 3.53. The number of fused-ring (bicyclic) bond motifs is 2. The number of allylic oxidation sites excluding steroid dienone is 6. The molecule has 3 aliphatic rings. The molecule has 2 aromatic rings. The summed E-state index contributed by atoms with van der Waals surface area (Å²) in [6, 6.07) is 12.1. The predicted molar refractivity (Wildman–Crippen MR) is 199 cm³/mol. The molecule has 2 aliphatic heterocycles. The van der Waals surface area contributed by atoms with Crippen molar-refractivity contribution in [3.63, 3.8) is 0 Å². The summed E-state index contributed by atoms with van der Waals surface area (Å²) in [5, 5.41) is 43.4. The second kappa shape index (κ2) is 15.2. The van der Waals surface area contributed by atoms with E-state index in [2.05, 4.69) is 23.2 Å². The average molecular weight is 739 g/mol. The summed E-state index contributed by atoms with van der Waals surface area (Å²) in [5.74, 6) is -1.89. The molecule has 1 aliphatic carbocycles. The third kappa shape index (κ3) is 7.82. The lowest BCUT2D eigenvalue weighted by Gasteiger charge is -2.32. The molecule has 0 saturated heterocycles. The minimum Gasteiger partial charge on any atom is -0.507 e. The molecule has 0 saturated carbocycles. The first kappa shape index (κ1) is 38.7. The Labute approximate surface area is 309 Å². The summed E-state index contributed by atoms with van der Waals surface area (Å²) in [7, 11) is -4.54. The van der Waals surface area contributed by atoms with Crippen LogP contribution in [-0.4, -0.2) is 45.9 Å². The van der Waals surface area contributed by atoms with Gasteiger partial charge in [-0.3, -0.25) is 19.1 Å². The van der Waals surface area contributed by atoms with Gasteiger partial charge < -0.3 is 20.6 Å². The number of hydrogen-bond acceptors (Lipinski definition) is 8. The molecule has 53 heavy (non-hydrogen) atoms. The van der Waals surface area contributed by atoms with Gasteiger partial charge in [0.25, 0.3) is 15.8 Å². The van der Waals surface area contributed by atoms with E-state index in [-0.39, 0.29) is 40.3 Å². The van der Waals surface area contributed by atoms with Crippen LogP contribution in [0.25, 0.3) is 4.85 Å². The maximum absolute atomic E-state index is 12.1. The molecule has 5 rings (SSSR count). The number of unbranched alkanes of at least 4 members (excludes halogenated alkanes) is 4. The lowest BCUT2D eigenvalue weighted by Crippen LogP contribution is -2.30. The van der Waals surface area contributed by atoms with Gasteiger partial charge in [-0.2, -0.15) is 8.42 Å². The summed E-state index contributed by atoms with van der Waals surface area (Å²) in [6.45, 7) is 13.8. The molecule has 0 bridgehead atoms. The van der Waals surface area contributed by atoms with Crippen LogP contribution in [0.3, 0.4) is 0 Å². The molecule has 12 nitrogen and oxygen atoms in total. The molecule has 2 atom stereocenters. The zero-order chi connectivity index (χ0) is 38.7. The number of aliphatic hydroxyl groups excluding tert-OH is 1. The number of hydrogen-bond donors (Lipinski definition) is 5. The molecule has 0 radical (unpaired) electrons. The third-order valence-electron chi connectivity index (χ3n) is 10.5. The number of nitriles is 1. The van der Waals surface area contributed by atoms with Crippen molar-refractivity contribution < 1.29 is 37.9 Å². The molecule has 0 fully saturated rings. The Hall–Kier alpha value is -5.50. The lowest BCUT2D eigenvalue weighted by atomic mass is 9.72. The minimum absolute atomic E-state index is 0.00713. The number of nitrogens with one attached hydrogen (secondary N) is 1. The van der Waals surface area contributed by atoms with Crippen molar-refractivity contribution >= 4 is 39.1 Å². The largest absolute Gasteiger partial charge is 0.507 e. The predicted octanol–water partition coefficient (Wildman–Crippen LogP) is 8.37. The maximum Gasteiger partial charge on any atom is 0.303 e. The SMILES string of the molecule is [C-]#[N+]C(C#N)=C1C(=CC2=Nc3ccc(S(=O)(=O)O)cc3[C@@]2(C)CCCCCC(=O)O)C(O)=C1C=C1Nc2ccc(C)cc2[C@@]1(C)CCCCCC(=O)O. The zero-order valence-electron chi connectivity index (χ0n) is 29.9. The highest BCUT2D eigenvalue weighted by atomic mass is 32.2. The Morgan fingerprint density at radius 1 is 0.943 bits per heavy atom. The van der Waals surface area contributed by atoms with E-state index in [0.717, 1.165) is 28.9 Å². The van der Waals surface area contributed by atoms with Crippen LogP contribution in [0.15, 0.2) is 92.3 Å². The van der Waals surface area contributed by atoms with E-state index >= 15 is 0 Å². The highest BCUT2D eigenvalue weighted by Crippen LogP contribution is 2.51. The van der Waals surface area contributed by atoms with Crippen molar-refractivity contribution in [1.82, 2.24) is 0 Å². The topological polar surface area (TPSA) is 202 Å². The molecule has 5 N–H and O–H groups in total. The Balaban J connectivity index is 1.57. The standard InChI is InChI=1S/C40H42N4O8S/c1-24-13-15-30-28(19-24)39(2,17-9-5-7-11-35(45)46)33(43-30)21-26-37(32(23-41)42-4)27(38(26)49)22-34-40(3,18-10-6-8-12-36(47)48)29-20-25(53(50,51)52)14-16-31(29)44-34/h13-16,19-22,43,49H,5-12,17-18H2,1-3H3,(H,45,46)(H,47,48)(H,50,51,52)/t39-,40-/m1/s1. The quantitative estimate of drug-likeness (QED) is 0.0511. The first-order chi connectivity index (χ1) is 25.0. The second-order valence-electron chi connectivity index (χ2n) is 14.2. The molecule has 276 valence electrons. The van der Waals surface area contributed by atoms with Crippen LogP contribution < -0.4 is 5.32 Å². The van der Waals surface area contributed by atoms with Gasteiger partial charge >= 0.3 is 11.9 Å². The van der Waals surface area contributed by atoms with Crippen molar-refractivity contribution in [1.29, 1.82) is 5.26 Å². The van der Waals surface area contributed by atoms with Crippen molar-refractivity contribution in [3.8, 4) is 6.07 Å². The number of aryl methyl sites for hydroxylation is 1. The summed E-state index contributed by atoms with van der Waals surface area (Å²) < 4.78 is 34.0.